The highest BCUT2D eigenvalue weighted by molar-refractivity contribution is 9.09. The van der Waals surface area contributed by atoms with E-state index in [-0.39, 0.29) is 10.7 Å². The summed E-state index contributed by atoms with van der Waals surface area (Å²) in [7, 11) is 0. The summed E-state index contributed by atoms with van der Waals surface area (Å²) in [6, 6.07) is 14.1. The van der Waals surface area contributed by atoms with Crippen LogP contribution in [-0.4, -0.2) is 0 Å². The largest absolute Gasteiger partial charge is 0.204 e. The van der Waals surface area contributed by atoms with Crippen molar-refractivity contribution in [3.05, 3.63) is 71.3 Å². The van der Waals surface area contributed by atoms with Crippen LogP contribution in [0, 0.1) is 11.6 Å². The highest BCUT2D eigenvalue weighted by Crippen LogP contribution is 2.40. The van der Waals surface area contributed by atoms with Crippen molar-refractivity contribution in [1.82, 2.24) is 0 Å². The SMILES string of the molecule is CCC(c1ccccc1)C(Br)c1ccc(F)c(F)c1. The Hall–Kier alpha value is -1.22. The molecule has 0 N–H and O–H groups in total. The van der Waals surface area contributed by atoms with E-state index in [0.29, 0.717) is 0 Å². The van der Waals surface area contributed by atoms with Crippen LogP contribution < -0.4 is 0 Å². The fourth-order valence-corrected chi connectivity index (χ4v) is 3.19. The maximum atomic E-state index is 13.3. The smallest absolute Gasteiger partial charge is 0.159 e. The third-order valence-corrected chi connectivity index (χ3v) is 4.45. The molecule has 0 spiro atoms. The maximum Gasteiger partial charge on any atom is 0.159 e. The van der Waals surface area contributed by atoms with E-state index in [1.54, 1.807) is 6.07 Å². The van der Waals surface area contributed by atoms with Gasteiger partial charge >= 0.3 is 0 Å². The molecule has 3 heteroatoms. The molecule has 0 aliphatic heterocycles. The molecular weight excluding hydrogens is 310 g/mol. The van der Waals surface area contributed by atoms with Crippen molar-refractivity contribution >= 4 is 15.9 Å². The van der Waals surface area contributed by atoms with E-state index in [2.05, 4.69) is 35.0 Å². The van der Waals surface area contributed by atoms with Crippen molar-refractivity contribution in [1.29, 1.82) is 0 Å². The van der Waals surface area contributed by atoms with Crippen LogP contribution in [0.4, 0.5) is 8.78 Å². The van der Waals surface area contributed by atoms with Crippen molar-refractivity contribution < 1.29 is 8.78 Å². The quantitative estimate of drug-likeness (QED) is 0.642. The molecule has 0 radical (unpaired) electrons. The number of rotatable bonds is 4. The molecule has 0 saturated carbocycles. The summed E-state index contributed by atoms with van der Waals surface area (Å²) < 4.78 is 26.3. The van der Waals surface area contributed by atoms with E-state index < -0.39 is 11.6 Å². The molecule has 2 unspecified atom stereocenters. The van der Waals surface area contributed by atoms with Crippen LogP contribution in [0.5, 0.6) is 0 Å². The highest BCUT2D eigenvalue weighted by atomic mass is 79.9. The van der Waals surface area contributed by atoms with Crippen molar-refractivity contribution in [3.63, 3.8) is 0 Å². The van der Waals surface area contributed by atoms with Gasteiger partial charge in [-0.3, -0.25) is 0 Å². The fourth-order valence-electron chi connectivity index (χ4n) is 2.23. The monoisotopic (exact) mass is 324 g/mol. The van der Waals surface area contributed by atoms with E-state index in [9.17, 15) is 8.78 Å². The summed E-state index contributed by atoms with van der Waals surface area (Å²) in [6.45, 7) is 2.09. The van der Waals surface area contributed by atoms with Gasteiger partial charge in [-0.15, -0.1) is 0 Å². The van der Waals surface area contributed by atoms with Crippen LogP contribution in [0.15, 0.2) is 48.5 Å². The molecule has 0 amide bonds. The second-order valence-corrected chi connectivity index (χ2v) is 5.49. The second kappa shape index (κ2) is 6.29. The van der Waals surface area contributed by atoms with Gasteiger partial charge in [0.1, 0.15) is 0 Å². The molecule has 2 rings (SSSR count). The topological polar surface area (TPSA) is 0 Å². The van der Waals surface area contributed by atoms with E-state index in [0.717, 1.165) is 12.0 Å². The predicted octanol–water partition coefficient (Wildman–Crippen LogP) is 5.59. The van der Waals surface area contributed by atoms with Crippen molar-refractivity contribution in [2.45, 2.75) is 24.1 Å². The Labute approximate surface area is 120 Å². The molecule has 0 heterocycles. The fraction of sp³-hybridized carbons (Fsp3) is 0.250. The standard InChI is InChI=1S/C16H15BrF2/c1-2-13(11-6-4-3-5-7-11)16(17)12-8-9-14(18)15(19)10-12/h3-10,13,16H,2H2,1H3. The van der Waals surface area contributed by atoms with Crippen LogP contribution in [0.1, 0.15) is 35.2 Å². The van der Waals surface area contributed by atoms with Gasteiger partial charge in [-0.05, 0) is 29.7 Å². The number of alkyl halides is 1. The van der Waals surface area contributed by atoms with E-state index in [1.165, 1.54) is 17.7 Å². The van der Waals surface area contributed by atoms with Crippen molar-refractivity contribution in [3.8, 4) is 0 Å². The Kier molecular flexibility index (Phi) is 4.70. The van der Waals surface area contributed by atoms with Gasteiger partial charge in [0.2, 0.25) is 0 Å². The van der Waals surface area contributed by atoms with Gasteiger partial charge in [0, 0.05) is 10.7 Å². The van der Waals surface area contributed by atoms with Crippen LogP contribution >= 0.6 is 15.9 Å². The van der Waals surface area contributed by atoms with Gasteiger partial charge < -0.3 is 0 Å². The third kappa shape index (κ3) is 3.21. The Morgan fingerprint density at radius 1 is 0.947 bits per heavy atom. The number of hydrogen-bond acceptors (Lipinski definition) is 0. The predicted molar refractivity (Wildman–Crippen MR) is 77.5 cm³/mol. The van der Waals surface area contributed by atoms with Crippen LogP contribution in [0.25, 0.3) is 0 Å². The molecule has 0 bridgehead atoms. The lowest BCUT2D eigenvalue weighted by Gasteiger charge is -2.22. The van der Waals surface area contributed by atoms with Gasteiger partial charge in [-0.25, -0.2) is 8.78 Å². The normalized spacial score (nSPS) is 14.1. The lowest BCUT2D eigenvalue weighted by atomic mass is 9.90. The summed E-state index contributed by atoms with van der Waals surface area (Å²) in [5.74, 6) is -1.38. The highest BCUT2D eigenvalue weighted by Gasteiger charge is 2.21. The molecule has 100 valence electrons. The van der Waals surface area contributed by atoms with Gasteiger partial charge in [0.15, 0.2) is 11.6 Å². The van der Waals surface area contributed by atoms with E-state index in [4.69, 9.17) is 0 Å². The Balaban J connectivity index is 2.30. The number of halogens is 3. The Morgan fingerprint density at radius 2 is 1.63 bits per heavy atom. The molecule has 2 aromatic rings. The zero-order valence-electron chi connectivity index (χ0n) is 10.6. The number of benzene rings is 2. The van der Waals surface area contributed by atoms with E-state index in [1.807, 2.05) is 18.2 Å². The average molecular weight is 325 g/mol. The minimum absolute atomic E-state index is 0.0324. The lowest BCUT2D eigenvalue weighted by molar-refractivity contribution is 0.505. The van der Waals surface area contributed by atoms with Crippen LogP contribution in [0.3, 0.4) is 0 Å². The summed E-state index contributed by atoms with van der Waals surface area (Å²) in [6.07, 6.45) is 0.916. The minimum Gasteiger partial charge on any atom is -0.204 e. The second-order valence-electron chi connectivity index (χ2n) is 4.50. The van der Waals surface area contributed by atoms with Crippen molar-refractivity contribution in [2.75, 3.05) is 0 Å². The zero-order chi connectivity index (χ0) is 13.8. The molecule has 19 heavy (non-hydrogen) atoms. The van der Waals surface area contributed by atoms with Crippen LogP contribution in [-0.2, 0) is 0 Å². The number of hydrogen-bond donors (Lipinski definition) is 0. The van der Waals surface area contributed by atoms with Crippen molar-refractivity contribution in [2.24, 2.45) is 0 Å². The molecular formula is C16H15BrF2. The first-order valence-electron chi connectivity index (χ1n) is 6.27. The maximum absolute atomic E-state index is 13.3. The molecule has 2 atom stereocenters. The van der Waals surface area contributed by atoms with Gasteiger partial charge in [-0.1, -0.05) is 59.3 Å². The first-order chi connectivity index (χ1) is 9.13. The molecule has 0 aliphatic rings. The first kappa shape index (κ1) is 14.2. The Bertz CT molecular complexity index is 540. The zero-order valence-corrected chi connectivity index (χ0v) is 12.2. The summed E-state index contributed by atoms with van der Waals surface area (Å²) >= 11 is 3.62. The summed E-state index contributed by atoms with van der Waals surface area (Å²) in [5.41, 5.74) is 1.95. The molecule has 2 aromatic carbocycles. The Morgan fingerprint density at radius 3 is 2.21 bits per heavy atom. The molecule has 0 fully saturated rings. The summed E-state index contributed by atoms with van der Waals surface area (Å²) in [5, 5.41) is 0. The average Bonchev–Trinajstić information content (AvgIpc) is 2.44. The van der Waals surface area contributed by atoms with E-state index >= 15 is 0 Å². The molecule has 0 saturated heterocycles. The first-order valence-corrected chi connectivity index (χ1v) is 7.19. The lowest BCUT2D eigenvalue weighted by Crippen LogP contribution is -2.05. The van der Waals surface area contributed by atoms with Gasteiger partial charge in [0.25, 0.3) is 0 Å². The molecule has 0 aliphatic carbocycles. The molecule has 0 nitrogen and oxygen atoms in total. The van der Waals surface area contributed by atoms with Gasteiger partial charge in [-0.2, -0.15) is 0 Å². The van der Waals surface area contributed by atoms with Crippen LogP contribution in [0.2, 0.25) is 0 Å². The third-order valence-electron chi connectivity index (χ3n) is 3.28. The summed E-state index contributed by atoms with van der Waals surface area (Å²) in [4.78, 5) is -0.0324. The van der Waals surface area contributed by atoms with Gasteiger partial charge in [0.05, 0.1) is 0 Å². The minimum atomic E-state index is -0.809. The molecule has 0 aromatic heterocycles.